The van der Waals surface area contributed by atoms with Crippen molar-refractivity contribution in [3.63, 3.8) is 0 Å². The van der Waals surface area contributed by atoms with Crippen LogP contribution in [0, 0.1) is 0 Å². The van der Waals surface area contributed by atoms with E-state index < -0.39 is 0 Å². The fraction of sp³-hybridized carbons (Fsp3) is 1.00. The van der Waals surface area contributed by atoms with Crippen molar-refractivity contribution in [1.29, 1.82) is 0 Å². The van der Waals surface area contributed by atoms with Crippen LogP contribution in [0.15, 0.2) is 0 Å². The number of nitrogens with two attached hydrogens (primary N) is 1. The highest BCUT2D eigenvalue weighted by atomic mass is 35.5. The first-order chi connectivity index (χ1) is 3.91. The molecule has 0 aliphatic heterocycles. The van der Waals surface area contributed by atoms with Gasteiger partial charge in [0.2, 0.25) is 0 Å². The number of halogens is 1. The molecular weight excluding hydrogens is 124 g/mol. The zero-order valence-electron chi connectivity index (χ0n) is 4.99. The van der Waals surface area contributed by atoms with E-state index in [0.717, 1.165) is 26.1 Å². The first-order valence-corrected chi connectivity index (χ1v) is 3.42. The molecule has 0 saturated carbocycles. The molecule has 0 amide bonds. The average molecular weight is 137 g/mol. The fourth-order valence-corrected chi connectivity index (χ4v) is 0.553. The molecule has 0 rings (SSSR count). The lowest BCUT2D eigenvalue weighted by Gasteiger charge is -1.97. The van der Waals surface area contributed by atoms with Gasteiger partial charge in [-0.05, 0) is 19.5 Å². The molecule has 0 atom stereocenters. The van der Waals surface area contributed by atoms with Crippen molar-refractivity contribution in [2.75, 3.05) is 25.5 Å². The van der Waals surface area contributed by atoms with Gasteiger partial charge < -0.3 is 11.1 Å². The predicted octanol–water partition coefficient (Wildman–Crippen LogP) is 0.164. The Labute approximate surface area is 55.4 Å². The second kappa shape index (κ2) is 7.21. The third-order valence-electron chi connectivity index (χ3n) is 0.829. The third kappa shape index (κ3) is 6.21. The largest absolute Gasteiger partial charge is 0.330 e. The van der Waals surface area contributed by atoms with E-state index in [4.69, 9.17) is 17.3 Å². The van der Waals surface area contributed by atoms with Gasteiger partial charge in [0.1, 0.15) is 0 Å². The maximum Gasteiger partial charge on any atom is 0.0348 e. The number of hydrogen-bond acceptors (Lipinski definition) is 2. The standard InChI is InChI=1S/C5H13ClN2/c6-2-5-8-4-1-3-7/h8H,1-5,7H2. The lowest BCUT2D eigenvalue weighted by atomic mass is 10.4. The Morgan fingerprint density at radius 1 is 1.38 bits per heavy atom. The summed E-state index contributed by atoms with van der Waals surface area (Å²) in [6.45, 7) is 2.64. The lowest BCUT2D eigenvalue weighted by molar-refractivity contribution is 0.681. The molecule has 0 aliphatic carbocycles. The molecule has 0 spiro atoms. The molecule has 0 saturated heterocycles. The molecule has 0 aromatic heterocycles. The first kappa shape index (κ1) is 8.21. The summed E-state index contributed by atoms with van der Waals surface area (Å²) >= 11 is 5.39. The van der Waals surface area contributed by atoms with Crippen LogP contribution in [-0.4, -0.2) is 25.5 Å². The van der Waals surface area contributed by atoms with Crippen LogP contribution in [0.25, 0.3) is 0 Å². The first-order valence-electron chi connectivity index (χ1n) is 2.88. The molecule has 50 valence electrons. The second-order valence-corrected chi connectivity index (χ2v) is 1.96. The van der Waals surface area contributed by atoms with Crippen molar-refractivity contribution in [2.24, 2.45) is 5.73 Å². The molecule has 0 aromatic carbocycles. The summed E-state index contributed by atoms with van der Waals surface area (Å²) in [5.41, 5.74) is 5.24. The van der Waals surface area contributed by atoms with Crippen molar-refractivity contribution >= 4 is 11.6 Å². The van der Waals surface area contributed by atoms with E-state index >= 15 is 0 Å². The van der Waals surface area contributed by atoms with Crippen LogP contribution in [0.1, 0.15) is 6.42 Å². The zero-order chi connectivity index (χ0) is 6.24. The van der Waals surface area contributed by atoms with E-state index in [1.807, 2.05) is 0 Å². The molecule has 3 N–H and O–H groups in total. The maximum atomic E-state index is 5.39. The van der Waals surface area contributed by atoms with Crippen LogP contribution in [0.2, 0.25) is 0 Å². The van der Waals surface area contributed by atoms with Crippen molar-refractivity contribution in [3.8, 4) is 0 Å². The molecule has 0 unspecified atom stereocenters. The van der Waals surface area contributed by atoms with Crippen molar-refractivity contribution in [3.05, 3.63) is 0 Å². The van der Waals surface area contributed by atoms with E-state index in [9.17, 15) is 0 Å². The number of alkyl halides is 1. The summed E-state index contributed by atoms with van der Waals surface area (Å²) in [4.78, 5) is 0. The molecule has 0 heterocycles. The summed E-state index contributed by atoms with van der Waals surface area (Å²) in [5, 5.41) is 3.12. The summed E-state index contributed by atoms with van der Waals surface area (Å²) in [5.74, 6) is 0.685. The topological polar surface area (TPSA) is 38.0 Å². The molecule has 0 fully saturated rings. The van der Waals surface area contributed by atoms with E-state index in [-0.39, 0.29) is 0 Å². The van der Waals surface area contributed by atoms with Crippen LogP contribution < -0.4 is 11.1 Å². The molecule has 8 heavy (non-hydrogen) atoms. The highest BCUT2D eigenvalue weighted by Crippen LogP contribution is 1.71. The SMILES string of the molecule is NCCCNCCCl. The maximum absolute atomic E-state index is 5.39. The predicted molar refractivity (Wildman–Crippen MR) is 37.3 cm³/mol. The Morgan fingerprint density at radius 2 is 2.12 bits per heavy atom. The molecule has 3 heteroatoms. The Balaban J connectivity index is 2.53. The second-order valence-electron chi connectivity index (χ2n) is 1.58. The smallest absolute Gasteiger partial charge is 0.0348 e. The highest BCUT2D eigenvalue weighted by molar-refractivity contribution is 6.18. The molecule has 0 aliphatic rings. The Kier molecular flexibility index (Phi) is 7.40. The average Bonchev–Trinajstić information content (AvgIpc) is 1.81. The minimum absolute atomic E-state index is 0.685. The molecule has 2 nitrogen and oxygen atoms in total. The summed E-state index contributed by atoms with van der Waals surface area (Å²) in [6, 6.07) is 0. The number of rotatable bonds is 5. The van der Waals surface area contributed by atoms with Gasteiger partial charge in [-0.1, -0.05) is 0 Å². The van der Waals surface area contributed by atoms with Gasteiger partial charge >= 0.3 is 0 Å². The summed E-state index contributed by atoms with van der Waals surface area (Å²) in [7, 11) is 0. The van der Waals surface area contributed by atoms with E-state index in [0.29, 0.717) is 5.88 Å². The van der Waals surface area contributed by atoms with Gasteiger partial charge in [-0.3, -0.25) is 0 Å². The fourth-order valence-electron chi connectivity index (χ4n) is 0.419. The van der Waals surface area contributed by atoms with Gasteiger partial charge in [-0.15, -0.1) is 11.6 Å². The van der Waals surface area contributed by atoms with Crippen LogP contribution in [0.5, 0.6) is 0 Å². The normalized spacial score (nSPS) is 9.75. The molecular formula is C5H13ClN2. The van der Waals surface area contributed by atoms with Crippen LogP contribution in [0.4, 0.5) is 0 Å². The molecule has 0 bridgehead atoms. The molecule has 0 radical (unpaired) electrons. The van der Waals surface area contributed by atoms with E-state index in [2.05, 4.69) is 5.32 Å². The van der Waals surface area contributed by atoms with Gasteiger partial charge in [-0.2, -0.15) is 0 Å². The summed E-state index contributed by atoms with van der Waals surface area (Å²) < 4.78 is 0. The van der Waals surface area contributed by atoms with Crippen LogP contribution in [0.3, 0.4) is 0 Å². The van der Waals surface area contributed by atoms with Gasteiger partial charge in [0.25, 0.3) is 0 Å². The van der Waals surface area contributed by atoms with E-state index in [1.165, 1.54) is 0 Å². The molecule has 0 aromatic rings. The van der Waals surface area contributed by atoms with Crippen LogP contribution in [-0.2, 0) is 0 Å². The van der Waals surface area contributed by atoms with Crippen molar-refractivity contribution < 1.29 is 0 Å². The number of nitrogens with one attached hydrogen (secondary N) is 1. The Hall–Kier alpha value is 0.210. The Bertz CT molecular complexity index is 35.4. The zero-order valence-corrected chi connectivity index (χ0v) is 5.75. The van der Waals surface area contributed by atoms with Crippen LogP contribution >= 0.6 is 11.6 Å². The third-order valence-corrected chi connectivity index (χ3v) is 1.02. The minimum Gasteiger partial charge on any atom is -0.330 e. The highest BCUT2D eigenvalue weighted by Gasteiger charge is 1.81. The quantitative estimate of drug-likeness (QED) is 0.418. The minimum atomic E-state index is 0.685. The Morgan fingerprint density at radius 3 is 2.62 bits per heavy atom. The lowest BCUT2D eigenvalue weighted by Crippen LogP contribution is -2.19. The monoisotopic (exact) mass is 136 g/mol. The van der Waals surface area contributed by atoms with Crippen molar-refractivity contribution in [2.45, 2.75) is 6.42 Å². The van der Waals surface area contributed by atoms with E-state index in [1.54, 1.807) is 0 Å². The van der Waals surface area contributed by atoms with Gasteiger partial charge in [0, 0.05) is 12.4 Å². The number of hydrogen-bond donors (Lipinski definition) is 2. The van der Waals surface area contributed by atoms with Gasteiger partial charge in [0.15, 0.2) is 0 Å². The van der Waals surface area contributed by atoms with Gasteiger partial charge in [0.05, 0.1) is 0 Å². The van der Waals surface area contributed by atoms with Gasteiger partial charge in [-0.25, -0.2) is 0 Å². The van der Waals surface area contributed by atoms with Crippen molar-refractivity contribution in [1.82, 2.24) is 5.32 Å². The summed E-state index contributed by atoms with van der Waals surface area (Å²) in [6.07, 6.45) is 1.04.